The number of aryl methyl sites for hydroxylation is 1. The van der Waals surface area contributed by atoms with Crippen LogP contribution in [0.1, 0.15) is 19.5 Å². The summed E-state index contributed by atoms with van der Waals surface area (Å²) in [6, 6.07) is 10.2. The molecular formula is C19H24N2S. The van der Waals surface area contributed by atoms with Gasteiger partial charge in [-0.3, -0.25) is 0 Å². The molecule has 2 aromatic heterocycles. The smallest absolute Gasteiger partial charge is 0.0502 e. The first kappa shape index (κ1) is 17.8. The predicted octanol–water partition coefficient (Wildman–Crippen LogP) is 4.21. The molecule has 22 heavy (non-hydrogen) atoms. The van der Waals surface area contributed by atoms with E-state index in [1.807, 2.05) is 56.5 Å². The summed E-state index contributed by atoms with van der Waals surface area (Å²) >= 11 is 1.69. The largest absolute Gasteiger partial charge is 0.398 e. The summed E-state index contributed by atoms with van der Waals surface area (Å²) in [5.74, 6) is 0. The van der Waals surface area contributed by atoms with Gasteiger partial charge < -0.3 is 10.7 Å². The molecule has 3 heteroatoms. The van der Waals surface area contributed by atoms with Crippen LogP contribution in [0.2, 0.25) is 0 Å². The van der Waals surface area contributed by atoms with Crippen molar-refractivity contribution in [2.45, 2.75) is 20.8 Å². The minimum Gasteiger partial charge on any atom is -0.398 e. The van der Waals surface area contributed by atoms with Crippen molar-refractivity contribution in [2.24, 2.45) is 0 Å². The maximum Gasteiger partial charge on any atom is 0.0502 e. The van der Waals surface area contributed by atoms with Crippen molar-refractivity contribution in [2.75, 3.05) is 5.73 Å². The first-order valence-electron chi connectivity index (χ1n) is 7.31. The van der Waals surface area contributed by atoms with E-state index in [1.54, 1.807) is 17.4 Å². The fourth-order valence-electron chi connectivity index (χ4n) is 1.93. The lowest BCUT2D eigenvalue weighted by Crippen LogP contribution is -2.19. The number of hydrogen-bond donors (Lipinski definition) is 2. The molecule has 3 rings (SSSR count). The third kappa shape index (κ3) is 4.64. The van der Waals surface area contributed by atoms with Crippen molar-refractivity contribution < 1.29 is 0 Å². The van der Waals surface area contributed by atoms with Crippen LogP contribution in [0, 0.1) is 6.92 Å². The van der Waals surface area contributed by atoms with Crippen LogP contribution in [0.3, 0.4) is 0 Å². The maximum absolute atomic E-state index is 5.69. The van der Waals surface area contributed by atoms with Crippen molar-refractivity contribution in [1.29, 1.82) is 0 Å². The number of nitrogens with one attached hydrogen (secondary N) is 1. The van der Waals surface area contributed by atoms with Crippen LogP contribution in [0.15, 0.2) is 48.4 Å². The van der Waals surface area contributed by atoms with E-state index < -0.39 is 0 Å². The maximum atomic E-state index is 5.69. The van der Waals surface area contributed by atoms with Crippen LogP contribution < -0.4 is 16.3 Å². The zero-order valence-corrected chi connectivity index (χ0v) is 14.3. The Morgan fingerprint density at radius 2 is 1.91 bits per heavy atom. The van der Waals surface area contributed by atoms with Gasteiger partial charge in [0.2, 0.25) is 0 Å². The Hall–Kier alpha value is -2.26. The third-order valence-corrected chi connectivity index (χ3v) is 3.85. The van der Waals surface area contributed by atoms with Gasteiger partial charge in [-0.25, -0.2) is 0 Å². The summed E-state index contributed by atoms with van der Waals surface area (Å²) in [7, 11) is 0. The van der Waals surface area contributed by atoms with Crippen molar-refractivity contribution in [3.05, 3.63) is 64.6 Å². The molecule has 116 valence electrons. The number of allylic oxidation sites excluding steroid dienone is 1. The van der Waals surface area contributed by atoms with E-state index in [0.717, 1.165) is 21.9 Å². The number of nitrogen functional groups attached to an aromatic ring is 1. The molecule has 0 unspecified atom stereocenters. The Morgan fingerprint density at radius 1 is 1.23 bits per heavy atom. The molecule has 0 atom stereocenters. The van der Waals surface area contributed by atoms with E-state index in [0.29, 0.717) is 0 Å². The fourth-order valence-corrected chi connectivity index (χ4v) is 2.78. The number of hydrogen-bond acceptors (Lipinski definition) is 2. The first-order valence-corrected chi connectivity index (χ1v) is 8.19. The standard InChI is InChI=1S/C9H11N.C8H7NS.C2H6/c1-4-5-9-7(2)6-8(3)10-9;9-7-5-10-8-4-2-1-3-6(7)8;1-2/h4-6,10H,1-2H2,3H3;1-5H,9H2;1-2H3/b9-5+;;. The molecule has 3 N–H and O–H groups in total. The van der Waals surface area contributed by atoms with Gasteiger partial charge >= 0.3 is 0 Å². The molecule has 0 amide bonds. The van der Waals surface area contributed by atoms with Crippen LogP contribution in [0.5, 0.6) is 0 Å². The van der Waals surface area contributed by atoms with E-state index in [2.05, 4.69) is 24.2 Å². The molecule has 0 saturated carbocycles. The van der Waals surface area contributed by atoms with Gasteiger partial charge in [-0.1, -0.05) is 51.3 Å². The number of fused-ring (bicyclic) bond motifs is 1. The van der Waals surface area contributed by atoms with E-state index >= 15 is 0 Å². The number of benzene rings is 1. The minimum absolute atomic E-state index is 0.889. The lowest BCUT2D eigenvalue weighted by molar-refractivity contribution is 1.22. The zero-order valence-electron chi connectivity index (χ0n) is 13.5. The van der Waals surface area contributed by atoms with Gasteiger partial charge in [0.15, 0.2) is 0 Å². The highest BCUT2D eigenvalue weighted by atomic mass is 32.1. The Morgan fingerprint density at radius 3 is 2.45 bits per heavy atom. The van der Waals surface area contributed by atoms with Crippen LogP contribution in [0.4, 0.5) is 5.69 Å². The van der Waals surface area contributed by atoms with Gasteiger partial charge in [-0.05, 0) is 30.4 Å². The van der Waals surface area contributed by atoms with E-state index in [4.69, 9.17) is 5.73 Å². The van der Waals surface area contributed by atoms with Gasteiger partial charge in [0.05, 0.1) is 5.69 Å². The fraction of sp³-hybridized carbons (Fsp3) is 0.158. The highest BCUT2D eigenvalue weighted by Crippen LogP contribution is 2.26. The molecule has 0 radical (unpaired) electrons. The van der Waals surface area contributed by atoms with E-state index in [9.17, 15) is 0 Å². The van der Waals surface area contributed by atoms with Crippen molar-refractivity contribution in [1.82, 2.24) is 4.98 Å². The SMILES string of the molecule is C=C/C=c1/[nH]c(C)cc1=C.CC.Nc1csc2ccccc12. The van der Waals surface area contributed by atoms with Gasteiger partial charge in [0, 0.05) is 26.5 Å². The number of aromatic nitrogens is 1. The second-order valence-electron chi connectivity index (χ2n) is 4.48. The second kappa shape index (κ2) is 8.90. The molecule has 0 fully saturated rings. The highest BCUT2D eigenvalue weighted by molar-refractivity contribution is 7.17. The summed E-state index contributed by atoms with van der Waals surface area (Å²) in [5, 5.41) is 5.22. The van der Waals surface area contributed by atoms with Gasteiger partial charge in [0.1, 0.15) is 0 Å². The van der Waals surface area contributed by atoms with Crippen LogP contribution in [-0.2, 0) is 0 Å². The molecule has 3 aromatic rings. The normalized spacial score (nSPS) is 10.4. The minimum atomic E-state index is 0.889. The highest BCUT2D eigenvalue weighted by Gasteiger charge is 1.96. The Kier molecular flexibility index (Phi) is 7.20. The predicted molar refractivity (Wildman–Crippen MR) is 103 cm³/mol. The van der Waals surface area contributed by atoms with Crippen LogP contribution >= 0.6 is 11.3 Å². The molecule has 0 aliphatic rings. The molecule has 2 heterocycles. The topological polar surface area (TPSA) is 41.8 Å². The van der Waals surface area contributed by atoms with Gasteiger partial charge in [-0.15, -0.1) is 11.3 Å². The van der Waals surface area contributed by atoms with E-state index in [-0.39, 0.29) is 0 Å². The summed E-state index contributed by atoms with van der Waals surface area (Å²) in [6.45, 7) is 13.5. The number of thiophene rings is 1. The number of aromatic amines is 1. The summed E-state index contributed by atoms with van der Waals surface area (Å²) < 4.78 is 1.26. The lowest BCUT2D eigenvalue weighted by atomic mass is 10.2. The number of H-pyrrole nitrogens is 1. The molecule has 1 aromatic carbocycles. The number of nitrogens with two attached hydrogens (primary N) is 1. The molecule has 0 saturated heterocycles. The molecular weight excluding hydrogens is 288 g/mol. The monoisotopic (exact) mass is 312 g/mol. The molecule has 0 aliphatic heterocycles. The molecule has 0 bridgehead atoms. The molecule has 2 nitrogen and oxygen atoms in total. The Labute approximate surface area is 136 Å². The summed E-state index contributed by atoms with van der Waals surface area (Å²) in [4.78, 5) is 3.16. The summed E-state index contributed by atoms with van der Waals surface area (Å²) in [5.41, 5.74) is 7.71. The van der Waals surface area contributed by atoms with Crippen LogP contribution in [-0.4, -0.2) is 4.98 Å². The Balaban J connectivity index is 0.000000198. The lowest BCUT2D eigenvalue weighted by Gasteiger charge is -1.87. The van der Waals surface area contributed by atoms with Crippen molar-refractivity contribution in [3.8, 4) is 0 Å². The quantitative estimate of drug-likeness (QED) is 0.694. The van der Waals surface area contributed by atoms with Crippen LogP contribution in [0.25, 0.3) is 22.7 Å². The first-order chi connectivity index (χ1) is 10.6. The van der Waals surface area contributed by atoms with Gasteiger partial charge in [-0.2, -0.15) is 0 Å². The zero-order chi connectivity index (χ0) is 16.5. The summed E-state index contributed by atoms with van der Waals surface area (Å²) in [6.07, 6.45) is 3.66. The van der Waals surface area contributed by atoms with Gasteiger partial charge in [0.25, 0.3) is 0 Å². The average Bonchev–Trinajstić information content (AvgIpc) is 3.06. The second-order valence-corrected chi connectivity index (χ2v) is 5.39. The van der Waals surface area contributed by atoms with E-state index in [1.165, 1.54) is 10.1 Å². The van der Waals surface area contributed by atoms with Crippen molar-refractivity contribution in [3.63, 3.8) is 0 Å². The molecule has 0 aliphatic carbocycles. The number of rotatable bonds is 1. The molecule has 0 spiro atoms. The average molecular weight is 312 g/mol. The number of anilines is 1. The Bertz CT molecular complexity index is 825. The third-order valence-electron chi connectivity index (χ3n) is 2.86. The van der Waals surface area contributed by atoms with Crippen molar-refractivity contribution >= 4 is 39.8 Å².